The lowest BCUT2D eigenvalue weighted by Gasteiger charge is -2.36. The van der Waals surface area contributed by atoms with Crippen molar-refractivity contribution in [3.05, 3.63) is 59.4 Å². The van der Waals surface area contributed by atoms with E-state index in [1.165, 1.54) is 12.1 Å². The van der Waals surface area contributed by atoms with Crippen molar-refractivity contribution in [1.82, 2.24) is 0 Å². The molecule has 0 bridgehead atoms. The maximum absolute atomic E-state index is 13.4. The molecule has 28 heavy (non-hydrogen) atoms. The predicted octanol–water partition coefficient (Wildman–Crippen LogP) is 5.33. The normalized spacial score (nSPS) is 15.5. The summed E-state index contributed by atoms with van der Waals surface area (Å²) in [5.41, 5.74) is 0.971. The van der Waals surface area contributed by atoms with E-state index in [4.69, 9.17) is 4.74 Å². The molecule has 0 unspecified atom stereocenters. The van der Waals surface area contributed by atoms with Crippen molar-refractivity contribution >= 4 is 11.6 Å². The molecule has 0 aliphatic heterocycles. The molecule has 0 heterocycles. The van der Waals surface area contributed by atoms with Crippen molar-refractivity contribution in [2.75, 3.05) is 11.9 Å². The van der Waals surface area contributed by atoms with E-state index in [9.17, 15) is 14.4 Å². The molecular weight excluding hydrogens is 355 g/mol. The number of ether oxygens (including phenoxy) is 1. The SMILES string of the molecule is CCCOc1ccc(NC(=O)C2(c3ccc(F)cc3)CCCCC2)c(C#N)c1. The fourth-order valence-corrected chi connectivity index (χ4v) is 3.85. The van der Waals surface area contributed by atoms with Crippen molar-refractivity contribution in [2.24, 2.45) is 0 Å². The van der Waals surface area contributed by atoms with E-state index in [0.29, 0.717) is 36.4 Å². The van der Waals surface area contributed by atoms with Crippen LogP contribution in [-0.4, -0.2) is 12.5 Å². The molecule has 1 aliphatic rings. The lowest BCUT2D eigenvalue weighted by molar-refractivity contribution is -0.122. The topological polar surface area (TPSA) is 62.1 Å². The fraction of sp³-hybridized carbons (Fsp3) is 0.391. The van der Waals surface area contributed by atoms with E-state index >= 15 is 0 Å². The Morgan fingerprint density at radius 3 is 2.54 bits per heavy atom. The summed E-state index contributed by atoms with van der Waals surface area (Å²) in [4.78, 5) is 13.4. The number of nitriles is 1. The third-order valence-electron chi connectivity index (χ3n) is 5.37. The standard InChI is InChI=1S/C23H25FN2O2/c1-2-14-28-20-10-11-21(17(15-20)16-25)26-22(27)23(12-4-3-5-13-23)18-6-8-19(24)9-7-18/h6-11,15H,2-5,12-14H2,1H3,(H,26,27). The Morgan fingerprint density at radius 1 is 1.18 bits per heavy atom. The molecular formula is C23H25FN2O2. The van der Waals surface area contributed by atoms with Gasteiger partial charge in [-0.1, -0.05) is 38.3 Å². The average Bonchev–Trinajstić information content (AvgIpc) is 2.73. The fourth-order valence-electron chi connectivity index (χ4n) is 3.85. The number of carbonyl (C=O) groups excluding carboxylic acids is 1. The summed E-state index contributed by atoms with van der Waals surface area (Å²) >= 11 is 0. The third kappa shape index (κ3) is 4.17. The van der Waals surface area contributed by atoms with Crippen molar-refractivity contribution in [3.8, 4) is 11.8 Å². The van der Waals surface area contributed by atoms with Crippen LogP contribution in [0.4, 0.5) is 10.1 Å². The Morgan fingerprint density at radius 2 is 1.89 bits per heavy atom. The highest BCUT2D eigenvalue weighted by Gasteiger charge is 2.41. The van der Waals surface area contributed by atoms with Crippen LogP contribution in [0.5, 0.6) is 5.75 Å². The van der Waals surface area contributed by atoms with E-state index < -0.39 is 5.41 Å². The van der Waals surface area contributed by atoms with Crippen LogP contribution in [0.25, 0.3) is 0 Å². The molecule has 1 N–H and O–H groups in total. The number of rotatable bonds is 6. The van der Waals surface area contributed by atoms with Gasteiger partial charge < -0.3 is 10.1 Å². The van der Waals surface area contributed by atoms with Gasteiger partial charge in [0.1, 0.15) is 17.6 Å². The number of anilines is 1. The van der Waals surface area contributed by atoms with Gasteiger partial charge in [0.05, 0.1) is 23.3 Å². The molecule has 2 aromatic carbocycles. The zero-order valence-corrected chi connectivity index (χ0v) is 16.1. The van der Waals surface area contributed by atoms with Gasteiger partial charge in [-0.05, 0) is 55.2 Å². The van der Waals surface area contributed by atoms with Crippen molar-refractivity contribution in [3.63, 3.8) is 0 Å². The summed E-state index contributed by atoms with van der Waals surface area (Å²) < 4.78 is 19.0. The number of hydrogen-bond donors (Lipinski definition) is 1. The number of nitrogens with one attached hydrogen (secondary N) is 1. The van der Waals surface area contributed by atoms with Crippen LogP contribution < -0.4 is 10.1 Å². The Hall–Kier alpha value is -2.87. The first-order chi connectivity index (χ1) is 13.6. The van der Waals surface area contributed by atoms with Crippen molar-refractivity contribution in [1.29, 1.82) is 5.26 Å². The number of hydrogen-bond acceptors (Lipinski definition) is 3. The van der Waals surface area contributed by atoms with E-state index in [1.807, 2.05) is 6.92 Å². The first-order valence-corrected chi connectivity index (χ1v) is 9.83. The van der Waals surface area contributed by atoms with Crippen molar-refractivity contribution < 1.29 is 13.9 Å². The Labute approximate surface area is 165 Å². The Kier molecular flexibility index (Phi) is 6.30. The van der Waals surface area contributed by atoms with Gasteiger partial charge in [0.2, 0.25) is 5.91 Å². The molecule has 5 heteroatoms. The molecule has 0 saturated heterocycles. The zero-order valence-electron chi connectivity index (χ0n) is 16.1. The van der Waals surface area contributed by atoms with E-state index in [2.05, 4.69) is 11.4 Å². The van der Waals surface area contributed by atoms with Gasteiger partial charge >= 0.3 is 0 Å². The number of nitrogens with zero attached hydrogens (tertiary/aromatic N) is 1. The van der Waals surface area contributed by atoms with Crippen LogP contribution >= 0.6 is 0 Å². The number of amides is 1. The highest BCUT2D eigenvalue weighted by molar-refractivity contribution is 6.00. The molecule has 0 aromatic heterocycles. The summed E-state index contributed by atoms with van der Waals surface area (Å²) in [6.07, 6.45) is 5.27. The monoisotopic (exact) mass is 380 g/mol. The van der Waals surface area contributed by atoms with Gasteiger partial charge in [-0.2, -0.15) is 5.26 Å². The predicted molar refractivity (Wildman–Crippen MR) is 107 cm³/mol. The highest BCUT2D eigenvalue weighted by Crippen LogP contribution is 2.41. The maximum Gasteiger partial charge on any atom is 0.235 e. The second-order valence-corrected chi connectivity index (χ2v) is 7.27. The summed E-state index contributed by atoms with van der Waals surface area (Å²) in [5, 5.41) is 12.5. The van der Waals surface area contributed by atoms with E-state index in [0.717, 1.165) is 31.2 Å². The summed E-state index contributed by atoms with van der Waals surface area (Å²) in [6.45, 7) is 2.59. The van der Waals surface area contributed by atoms with E-state index in [-0.39, 0.29) is 11.7 Å². The number of benzene rings is 2. The molecule has 1 amide bonds. The first-order valence-electron chi connectivity index (χ1n) is 9.83. The van der Waals surface area contributed by atoms with Gasteiger partial charge in [0, 0.05) is 0 Å². The van der Waals surface area contributed by atoms with Crippen LogP contribution in [0, 0.1) is 17.1 Å². The first kappa shape index (κ1) is 19.9. The summed E-state index contributed by atoms with van der Waals surface area (Å²) in [7, 11) is 0. The van der Waals surface area contributed by atoms with Gasteiger partial charge in [-0.3, -0.25) is 4.79 Å². The lowest BCUT2D eigenvalue weighted by atomic mass is 9.68. The highest BCUT2D eigenvalue weighted by atomic mass is 19.1. The van der Waals surface area contributed by atoms with E-state index in [1.54, 1.807) is 30.3 Å². The third-order valence-corrected chi connectivity index (χ3v) is 5.37. The molecule has 3 rings (SSSR count). The van der Waals surface area contributed by atoms with Gasteiger partial charge in [-0.15, -0.1) is 0 Å². The quantitative estimate of drug-likeness (QED) is 0.737. The smallest absolute Gasteiger partial charge is 0.235 e. The van der Waals surface area contributed by atoms with Crippen LogP contribution in [0.1, 0.15) is 56.6 Å². The molecule has 0 spiro atoms. The molecule has 0 atom stereocenters. The zero-order chi connectivity index (χ0) is 20.0. The Balaban J connectivity index is 1.88. The van der Waals surface area contributed by atoms with Gasteiger partial charge in [0.15, 0.2) is 0 Å². The molecule has 2 aromatic rings. The number of carbonyl (C=O) groups is 1. The molecule has 1 fully saturated rings. The van der Waals surface area contributed by atoms with Crippen LogP contribution in [0.15, 0.2) is 42.5 Å². The summed E-state index contributed by atoms with van der Waals surface area (Å²) in [6, 6.07) is 13.5. The minimum Gasteiger partial charge on any atom is -0.494 e. The molecule has 146 valence electrons. The second kappa shape index (κ2) is 8.88. The van der Waals surface area contributed by atoms with Crippen molar-refractivity contribution in [2.45, 2.75) is 50.9 Å². The largest absolute Gasteiger partial charge is 0.494 e. The van der Waals surface area contributed by atoms with Crippen LogP contribution in [-0.2, 0) is 10.2 Å². The minimum absolute atomic E-state index is 0.141. The van der Waals surface area contributed by atoms with Crippen LogP contribution in [0.2, 0.25) is 0 Å². The van der Waals surface area contributed by atoms with Gasteiger partial charge in [0.25, 0.3) is 0 Å². The summed E-state index contributed by atoms with van der Waals surface area (Å²) in [5.74, 6) is 0.157. The number of halogens is 1. The second-order valence-electron chi connectivity index (χ2n) is 7.27. The maximum atomic E-state index is 13.4. The lowest BCUT2D eigenvalue weighted by Crippen LogP contribution is -2.42. The molecule has 0 radical (unpaired) electrons. The van der Waals surface area contributed by atoms with Gasteiger partial charge in [-0.25, -0.2) is 4.39 Å². The minimum atomic E-state index is -0.698. The molecule has 4 nitrogen and oxygen atoms in total. The molecule has 1 aliphatic carbocycles. The molecule has 1 saturated carbocycles. The average molecular weight is 380 g/mol. The Bertz CT molecular complexity index is 865. The van der Waals surface area contributed by atoms with Crippen LogP contribution in [0.3, 0.4) is 0 Å².